The van der Waals surface area contributed by atoms with Crippen molar-refractivity contribution >= 4 is 17.5 Å². The molecule has 0 atom stereocenters. The molecule has 5 heteroatoms. The van der Waals surface area contributed by atoms with Gasteiger partial charge in [0.25, 0.3) is 5.91 Å². The molecule has 1 saturated heterocycles. The van der Waals surface area contributed by atoms with Gasteiger partial charge in [0.1, 0.15) is 0 Å². The molecular formula is C22H26N2O3. The number of carbonyl (C=O) groups is 2. The van der Waals surface area contributed by atoms with Crippen LogP contribution in [0, 0.1) is 0 Å². The van der Waals surface area contributed by atoms with Crippen LogP contribution in [0.2, 0.25) is 0 Å². The third-order valence-electron chi connectivity index (χ3n) is 4.57. The Morgan fingerprint density at radius 3 is 2.33 bits per heavy atom. The number of ether oxygens (including phenoxy) is 1. The van der Waals surface area contributed by atoms with E-state index in [-0.39, 0.29) is 17.9 Å². The van der Waals surface area contributed by atoms with Gasteiger partial charge in [-0.3, -0.25) is 9.59 Å². The minimum absolute atomic E-state index is 0.106. The molecule has 1 heterocycles. The summed E-state index contributed by atoms with van der Waals surface area (Å²) in [7, 11) is 0. The number of carbonyl (C=O) groups excluding carboxylic acids is 2. The molecule has 5 nitrogen and oxygen atoms in total. The topological polar surface area (TPSA) is 58.6 Å². The fourth-order valence-corrected chi connectivity index (χ4v) is 3.01. The maximum absolute atomic E-state index is 12.3. The second-order valence-corrected chi connectivity index (χ2v) is 7.05. The lowest BCUT2D eigenvalue weighted by Gasteiger charge is -2.16. The molecule has 27 heavy (non-hydrogen) atoms. The molecule has 0 saturated carbocycles. The summed E-state index contributed by atoms with van der Waals surface area (Å²) in [6.07, 6.45) is 1.72. The minimum Gasteiger partial charge on any atom is -0.374 e. The van der Waals surface area contributed by atoms with Crippen molar-refractivity contribution in [3.63, 3.8) is 0 Å². The molecule has 0 spiro atoms. The Labute approximate surface area is 160 Å². The molecule has 0 aromatic heterocycles. The van der Waals surface area contributed by atoms with Gasteiger partial charge in [-0.25, -0.2) is 0 Å². The highest BCUT2D eigenvalue weighted by Gasteiger charge is 2.21. The average Bonchev–Trinajstić information content (AvgIpc) is 3.11. The van der Waals surface area contributed by atoms with Crippen LogP contribution in [0.4, 0.5) is 5.69 Å². The third-order valence-corrected chi connectivity index (χ3v) is 4.57. The summed E-state index contributed by atoms with van der Waals surface area (Å²) in [5.74, 6) is 0.0726. The second kappa shape index (κ2) is 8.82. The number of hydrogen-bond acceptors (Lipinski definition) is 3. The molecule has 142 valence electrons. The first-order valence-corrected chi connectivity index (χ1v) is 9.41. The average molecular weight is 366 g/mol. The highest BCUT2D eigenvalue weighted by molar-refractivity contribution is 5.95. The number of hydrogen-bond donors (Lipinski definition) is 1. The fourth-order valence-electron chi connectivity index (χ4n) is 3.01. The smallest absolute Gasteiger partial charge is 0.251 e. The molecule has 0 aliphatic carbocycles. The van der Waals surface area contributed by atoms with Crippen LogP contribution >= 0.6 is 0 Å². The zero-order valence-electron chi connectivity index (χ0n) is 15.9. The van der Waals surface area contributed by atoms with E-state index in [9.17, 15) is 9.59 Å². The predicted octanol–water partition coefficient (Wildman–Crippen LogP) is 3.67. The first-order valence-electron chi connectivity index (χ1n) is 9.41. The van der Waals surface area contributed by atoms with Crippen LogP contribution in [0.1, 0.15) is 48.2 Å². The van der Waals surface area contributed by atoms with Gasteiger partial charge in [-0.1, -0.05) is 24.3 Å². The van der Waals surface area contributed by atoms with Crippen molar-refractivity contribution in [2.75, 3.05) is 11.4 Å². The summed E-state index contributed by atoms with van der Waals surface area (Å²) in [4.78, 5) is 25.9. The Hall–Kier alpha value is -2.66. The number of amides is 2. The summed E-state index contributed by atoms with van der Waals surface area (Å²) in [6.45, 7) is 5.78. The lowest BCUT2D eigenvalue weighted by Crippen LogP contribution is -2.24. The van der Waals surface area contributed by atoms with Crippen LogP contribution in [0.3, 0.4) is 0 Å². The van der Waals surface area contributed by atoms with E-state index >= 15 is 0 Å². The van der Waals surface area contributed by atoms with Gasteiger partial charge in [0, 0.05) is 30.8 Å². The van der Waals surface area contributed by atoms with E-state index in [2.05, 4.69) is 5.32 Å². The lowest BCUT2D eigenvalue weighted by atomic mass is 10.1. The van der Waals surface area contributed by atoms with Crippen LogP contribution < -0.4 is 10.2 Å². The lowest BCUT2D eigenvalue weighted by molar-refractivity contribution is -0.117. The van der Waals surface area contributed by atoms with Gasteiger partial charge >= 0.3 is 0 Å². The Morgan fingerprint density at radius 2 is 1.74 bits per heavy atom. The molecule has 0 unspecified atom stereocenters. The minimum atomic E-state index is -0.106. The van der Waals surface area contributed by atoms with Crippen molar-refractivity contribution < 1.29 is 14.3 Å². The van der Waals surface area contributed by atoms with E-state index in [0.29, 0.717) is 25.1 Å². The molecule has 3 rings (SSSR count). The largest absolute Gasteiger partial charge is 0.374 e. The van der Waals surface area contributed by atoms with Crippen molar-refractivity contribution in [3.8, 4) is 0 Å². The Kier molecular flexibility index (Phi) is 6.24. The molecule has 0 bridgehead atoms. The van der Waals surface area contributed by atoms with E-state index < -0.39 is 0 Å². The molecular weight excluding hydrogens is 340 g/mol. The highest BCUT2D eigenvalue weighted by Crippen LogP contribution is 2.21. The Balaban J connectivity index is 1.52. The number of benzene rings is 2. The Bertz CT molecular complexity index is 782. The third kappa shape index (κ3) is 5.17. The first kappa shape index (κ1) is 19.1. The number of rotatable bonds is 7. The first-order chi connectivity index (χ1) is 13.0. The van der Waals surface area contributed by atoms with Gasteiger partial charge in [-0.2, -0.15) is 0 Å². The normalized spacial score (nSPS) is 14.0. The fraction of sp³-hybridized carbons (Fsp3) is 0.364. The van der Waals surface area contributed by atoms with Crippen LogP contribution in [0.15, 0.2) is 48.5 Å². The number of nitrogens with one attached hydrogen (secondary N) is 1. The Morgan fingerprint density at radius 1 is 1.07 bits per heavy atom. The van der Waals surface area contributed by atoms with Gasteiger partial charge in [-0.15, -0.1) is 0 Å². The quantitative estimate of drug-likeness (QED) is 0.813. The summed E-state index contributed by atoms with van der Waals surface area (Å²) >= 11 is 0. The van der Waals surface area contributed by atoms with Crippen molar-refractivity contribution in [1.29, 1.82) is 0 Å². The van der Waals surface area contributed by atoms with Crippen molar-refractivity contribution in [3.05, 3.63) is 65.2 Å². The summed E-state index contributed by atoms with van der Waals surface area (Å²) in [5, 5.41) is 2.93. The van der Waals surface area contributed by atoms with E-state index in [1.807, 2.05) is 67.3 Å². The molecule has 2 aromatic rings. The molecule has 0 radical (unpaired) electrons. The molecule has 2 amide bonds. The van der Waals surface area contributed by atoms with Crippen LogP contribution in [0.5, 0.6) is 0 Å². The van der Waals surface area contributed by atoms with Gasteiger partial charge in [0.15, 0.2) is 0 Å². The monoisotopic (exact) mass is 366 g/mol. The second-order valence-electron chi connectivity index (χ2n) is 7.05. The molecule has 1 N–H and O–H groups in total. The summed E-state index contributed by atoms with van der Waals surface area (Å²) in [6, 6.07) is 15.2. The highest BCUT2D eigenvalue weighted by atomic mass is 16.5. The zero-order chi connectivity index (χ0) is 19.2. The van der Waals surface area contributed by atoms with Crippen LogP contribution in [-0.2, 0) is 22.7 Å². The van der Waals surface area contributed by atoms with Gasteiger partial charge < -0.3 is 15.0 Å². The van der Waals surface area contributed by atoms with Crippen molar-refractivity contribution in [2.24, 2.45) is 0 Å². The molecule has 2 aromatic carbocycles. The van der Waals surface area contributed by atoms with E-state index in [1.165, 1.54) is 0 Å². The van der Waals surface area contributed by atoms with Crippen molar-refractivity contribution in [2.45, 2.75) is 45.9 Å². The maximum Gasteiger partial charge on any atom is 0.251 e. The summed E-state index contributed by atoms with van der Waals surface area (Å²) < 4.78 is 5.56. The predicted molar refractivity (Wildman–Crippen MR) is 106 cm³/mol. The van der Waals surface area contributed by atoms with E-state index in [0.717, 1.165) is 29.8 Å². The van der Waals surface area contributed by atoms with Crippen LogP contribution in [-0.4, -0.2) is 24.5 Å². The standard InChI is InChI=1S/C22H26N2O3/c1-16(2)27-15-18-5-9-19(10-6-18)22(26)23-14-17-7-11-20(12-8-17)24-13-3-4-21(24)25/h5-12,16H,3-4,13-15H2,1-2H3,(H,23,26). The van der Waals surface area contributed by atoms with Crippen LogP contribution in [0.25, 0.3) is 0 Å². The van der Waals surface area contributed by atoms with Gasteiger partial charge in [0.2, 0.25) is 5.91 Å². The molecule has 1 aliphatic heterocycles. The number of nitrogens with zero attached hydrogens (tertiary/aromatic N) is 1. The maximum atomic E-state index is 12.3. The zero-order valence-corrected chi connectivity index (χ0v) is 15.9. The SMILES string of the molecule is CC(C)OCc1ccc(C(=O)NCc2ccc(N3CCCC3=O)cc2)cc1. The van der Waals surface area contributed by atoms with Gasteiger partial charge in [0.05, 0.1) is 12.7 Å². The summed E-state index contributed by atoms with van der Waals surface area (Å²) in [5.41, 5.74) is 3.60. The molecule has 1 fully saturated rings. The van der Waals surface area contributed by atoms with Crippen molar-refractivity contribution in [1.82, 2.24) is 5.32 Å². The van der Waals surface area contributed by atoms with E-state index in [1.54, 1.807) is 0 Å². The van der Waals surface area contributed by atoms with E-state index in [4.69, 9.17) is 4.74 Å². The number of anilines is 1. The van der Waals surface area contributed by atoms with Gasteiger partial charge in [-0.05, 0) is 55.7 Å². The molecule has 1 aliphatic rings.